The zero-order valence-corrected chi connectivity index (χ0v) is 16.8. The van der Waals surface area contributed by atoms with Crippen molar-refractivity contribution in [3.63, 3.8) is 0 Å². The molecule has 1 N–H and O–H groups in total. The fraction of sp³-hybridized carbons (Fsp3) is 0.200. The Morgan fingerprint density at radius 1 is 1.25 bits per heavy atom. The molecule has 1 aliphatic heterocycles. The summed E-state index contributed by atoms with van der Waals surface area (Å²) in [4.78, 5) is 9.16. The minimum atomic E-state index is -3.75. The first-order chi connectivity index (χ1) is 13.5. The van der Waals surface area contributed by atoms with Crippen LogP contribution >= 0.6 is 11.3 Å². The summed E-state index contributed by atoms with van der Waals surface area (Å²) in [5.74, 6) is 0. The molecular formula is C20H18N4O2S2. The average Bonchev–Trinajstić information content (AvgIpc) is 3.28. The maximum absolute atomic E-state index is 13.5. The van der Waals surface area contributed by atoms with Crippen molar-refractivity contribution < 1.29 is 8.42 Å². The van der Waals surface area contributed by atoms with Crippen LogP contribution < -0.4 is 5.32 Å². The van der Waals surface area contributed by atoms with E-state index in [9.17, 15) is 8.42 Å². The predicted octanol–water partition coefficient (Wildman–Crippen LogP) is 3.57. The molecule has 0 fully saturated rings. The molecule has 142 valence electrons. The molecule has 0 saturated carbocycles. The van der Waals surface area contributed by atoms with E-state index in [4.69, 9.17) is 0 Å². The first kappa shape index (κ1) is 17.5. The number of hydrogen-bond acceptors (Lipinski definition) is 6. The standard InChI is InChI=1S/C20H18N4O2S2/c1-13-23-17-5-4-15(11-19(17)27-13)28(25,26)24-12-16(14-6-9-21-10-7-14)20-18(24)3-2-8-22-20/h2-6,8,11-12,21H,7,9-10H2,1H3. The van der Waals surface area contributed by atoms with Crippen molar-refractivity contribution >= 4 is 48.2 Å². The molecule has 0 amide bonds. The second kappa shape index (κ2) is 6.51. The Bertz CT molecular complexity index is 1350. The van der Waals surface area contributed by atoms with E-state index in [-0.39, 0.29) is 4.90 Å². The summed E-state index contributed by atoms with van der Waals surface area (Å²) < 4.78 is 29.2. The summed E-state index contributed by atoms with van der Waals surface area (Å²) in [5, 5.41) is 4.20. The van der Waals surface area contributed by atoms with Crippen LogP contribution in [0.4, 0.5) is 0 Å². The number of aryl methyl sites for hydroxylation is 1. The molecule has 4 aromatic rings. The van der Waals surface area contributed by atoms with E-state index in [0.717, 1.165) is 45.9 Å². The van der Waals surface area contributed by atoms with Crippen molar-refractivity contribution in [1.82, 2.24) is 19.3 Å². The lowest BCUT2D eigenvalue weighted by molar-refractivity contribution is 0.589. The molecule has 3 aromatic heterocycles. The van der Waals surface area contributed by atoms with Crippen LogP contribution in [0.2, 0.25) is 0 Å². The van der Waals surface area contributed by atoms with Crippen LogP contribution in [0.15, 0.2) is 53.7 Å². The number of thiazole rings is 1. The maximum Gasteiger partial charge on any atom is 0.268 e. The molecule has 5 rings (SSSR count). The van der Waals surface area contributed by atoms with Crippen molar-refractivity contribution in [2.24, 2.45) is 0 Å². The fourth-order valence-electron chi connectivity index (χ4n) is 3.63. The van der Waals surface area contributed by atoms with Crippen LogP contribution in [-0.4, -0.2) is 35.4 Å². The van der Waals surface area contributed by atoms with Crippen LogP contribution in [0.5, 0.6) is 0 Å². The van der Waals surface area contributed by atoms with Gasteiger partial charge < -0.3 is 5.32 Å². The van der Waals surface area contributed by atoms with Gasteiger partial charge in [-0.2, -0.15) is 0 Å². The Hall–Kier alpha value is -2.55. The number of pyridine rings is 1. The molecule has 0 unspecified atom stereocenters. The lowest BCUT2D eigenvalue weighted by atomic mass is 10.0. The highest BCUT2D eigenvalue weighted by molar-refractivity contribution is 7.90. The predicted molar refractivity (Wildman–Crippen MR) is 112 cm³/mol. The number of nitrogens with zero attached hydrogens (tertiary/aromatic N) is 3. The fourth-order valence-corrected chi connectivity index (χ4v) is 5.95. The number of hydrogen-bond donors (Lipinski definition) is 1. The second-order valence-corrected chi connectivity index (χ2v) is 9.81. The van der Waals surface area contributed by atoms with Gasteiger partial charge in [-0.3, -0.25) is 4.98 Å². The minimum absolute atomic E-state index is 0.259. The van der Waals surface area contributed by atoms with Gasteiger partial charge in [-0.05, 0) is 55.8 Å². The van der Waals surface area contributed by atoms with E-state index in [2.05, 4.69) is 21.4 Å². The highest BCUT2D eigenvalue weighted by Crippen LogP contribution is 2.32. The summed E-state index contributed by atoms with van der Waals surface area (Å²) in [6.45, 7) is 3.57. The van der Waals surface area contributed by atoms with Gasteiger partial charge in [-0.25, -0.2) is 17.4 Å². The summed E-state index contributed by atoms with van der Waals surface area (Å²) in [6.07, 6.45) is 6.38. The molecule has 0 aliphatic carbocycles. The molecule has 0 radical (unpaired) electrons. The van der Waals surface area contributed by atoms with Crippen LogP contribution in [0, 0.1) is 6.92 Å². The van der Waals surface area contributed by atoms with E-state index in [1.165, 1.54) is 15.3 Å². The number of nitrogens with one attached hydrogen (secondary N) is 1. The Morgan fingerprint density at radius 2 is 2.14 bits per heavy atom. The van der Waals surface area contributed by atoms with E-state index in [1.54, 1.807) is 42.7 Å². The third kappa shape index (κ3) is 2.76. The molecule has 28 heavy (non-hydrogen) atoms. The number of fused-ring (bicyclic) bond motifs is 2. The Morgan fingerprint density at radius 3 is 2.96 bits per heavy atom. The van der Waals surface area contributed by atoms with E-state index in [0.29, 0.717) is 11.0 Å². The Labute approximate surface area is 166 Å². The monoisotopic (exact) mass is 410 g/mol. The second-order valence-electron chi connectivity index (χ2n) is 6.76. The number of aromatic nitrogens is 3. The van der Waals surface area contributed by atoms with Gasteiger partial charge in [0.05, 0.1) is 31.2 Å². The van der Waals surface area contributed by atoms with Crippen molar-refractivity contribution in [1.29, 1.82) is 0 Å². The Balaban J connectivity index is 1.72. The summed E-state index contributed by atoms with van der Waals surface area (Å²) >= 11 is 1.50. The van der Waals surface area contributed by atoms with Crippen LogP contribution in [0.1, 0.15) is 17.0 Å². The van der Waals surface area contributed by atoms with Crippen LogP contribution in [-0.2, 0) is 10.0 Å². The lowest BCUT2D eigenvalue weighted by Crippen LogP contribution is -2.20. The van der Waals surface area contributed by atoms with Gasteiger partial charge >= 0.3 is 0 Å². The van der Waals surface area contributed by atoms with E-state index < -0.39 is 10.0 Å². The van der Waals surface area contributed by atoms with Crippen LogP contribution in [0.3, 0.4) is 0 Å². The zero-order chi connectivity index (χ0) is 19.3. The summed E-state index contributed by atoms with van der Waals surface area (Å²) in [7, 11) is -3.75. The zero-order valence-electron chi connectivity index (χ0n) is 15.2. The molecule has 6 nitrogen and oxygen atoms in total. The molecule has 0 atom stereocenters. The largest absolute Gasteiger partial charge is 0.313 e. The van der Waals surface area contributed by atoms with Gasteiger partial charge in [0, 0.05) is 24.5 Å². The molecule has 0 spiro atoms. The number of rotatable bonds is 3. The van der Waals surface area contributed by atoms with Gasteiger partial charge in [0.2, 0.25) is 0 Å². The molecule has 4 heterocycles. The lowest BCUT2D eigenvalue weighted by Gasteiger charge is -2.12. The molecule has 0 bridgehead atoms. The summed E-state index contributed by atoms with van der Waals surface area (Å²) in [6, 6.07) is 8.68. The maximum atomic E-state index is 13.5. The Kier molecular flexibility index (Phi) is 4.08. The first-order valence-electron chi connectivity index (χ1n) is 9.03. The van der Waals surface area contributed by atoms with Crippen molar-refractivity contribution in [2.45, 2.75) is 18.2 Å². The third-order valence-corrected chi connectivity index (χ3v) is 7.56. The molecule has 0 saturated heterocycles. The average molecular weight is 411 g/mol. The van der Waals surface area contributed by atoms with Crippen molar-refractivity contribution in [3.05, 3.63) is 59.4 Å². The van der Waals surface area contributed by atoms with Crippen molar-refractivity contribution in [2.75, 3.05) is 13.1 Å². The highest BCUT2D eigenvalue weighted by Gasteiger charge is 2.24. The van der Waals surface area contributed by atoms with E-state index in [1.807, 2.05) is 6.92 Å². The third-order valence-electron chi connectivity index (χ3n) is 4.96. The molecule has 8 heteroatoms. The topological polar surface area (TPSA) is 76.9 Å². The number of benzene rings is 1. The molecule has 1 aliphatic rings. The van der Waals surface area contributed by atoms with Crippen molar-refractivity contribution in [3.8, 4) is 0 Å². The smallest absolute Gasteiger partial charge is 0.268 e. The van der Waals surface area contributed by atoms with E-state index >= 15 is 0 Å². The van der Waals surface area contributed by atoms with Gasteiger partial charge in [-0.1, -0.05) is 6.08 Å². The normalized spacial score (nSPS) is 15.2. The SMILES string of the molecule is Cc1nc2ccc(S(=O)(=O)n3cc(C4=CCNCC4)c4ncccc43)cc2s1. The molecule has 1 aromatic carbocycles. The van der Waals surface area contributed by atoms with Gasteiger partial charge in [0.25, 0.3) is 10.0 Å². The highest BCUT2D eigenvalue weighted by atomic mass is 32.2. The molecular weight excluding hydrogens is 392 g/mol. The quantitative estimate of drug-likeness (QED) is 0.559. The summed E-state index contributed by atoms with van der Waals surface area (Å²) in [5.41, 5.74) is 4.15. The van der Waals surface area contributed by atoms with Gasteiger partial charge in [0.1, 0.15) is 0 Å². The van der Waals surface area contributed by atoms with Gasteiger partial charge in [0.15, 0.2) is 0 Å². The van der Waals surface area contributed by atoms with Gasteiger partial charge in [-0.15, -0.1) is 11.3 Å². The van der Waals surface area contributed by atoms with Crippen LogP contribution in [0.25, 0.3) is 26.8 Å². The minimum Gasteiger partial charge on any atom is -0.313 e. The first-order valence-corrected chi connectivity index (χ1v) is 11.3.